The Bertz CT molecular complexity index is 732. The standard InChI is InChI=1S/C15H16F3NO3/c1-7(2)19-8(3)11(13(20)14(21)22)12-9(15(16,17)18)5-4-6-10(12)19/h4-7,13,20H,1-3H3,(H,21,22). The van der Waals surface area contributed by atoms with Crippen molar-refractivity contribution in [2.45, 2.75) is 39.1 Å². The molecule has 0 aliphatic carbocycles. The van der Waals surface area contributed by atoms with E-state index in [2.05, 4.69) is 0 Å². The molecule has 22 heavy (non-hydrogen) atoms. The molecule has 0 fully saturated rings. The fourth-order valence-electron chi connectivity index (χ4n) is 2.88. The van der Waals surface area contributed by atoms with Gasteiger partial charge in [0, 0.05) is 28.2 Å². The van der Waals surface area contributed by atoms with Crippen molar-refractivity contribution >= 4 is 16.9 Å². The van der Waals surface area contributed by atoms with Crippen molar-refractivity contribution in [1.82, 2.24) is 4.57 Å². The Hall–Kier alpha value is -2.02. The molecular formula is C15H16F3NO3. The van der Waals surface area contributed by atoms with Gasteiger partial charge in [-0.1, -0.05) is 6.07 Å². The molecule has 2 rings (SSSR count). The van der Waals surface area contributed by atoms with Gasteiger partial charge in [0.1, 0.15) is 0 Å². The van der Waals surface area contributed by atoms with Gasteiger partial charge in [0.15, 0.2) is 6.10 Å². The first-order chi connectivity index (χ1) is 10.1. The summed E-state index contributed by atoms with van der Waals surface area (Å²) in [5.41, 5.74) is -0.568. The second-order valence-electron chi connectivity index (χ2n) is 5.40. The van der Waals surface area contributed by atoms with Crippen molar-refractivity contribution in [2.75, 3.05) is 0 Å². The van der Waals surface area contributed by atoms with Crippen LogP contribution in [0.5, 0.6) is 0 Å². The topological polar surface area (TPSA) is 62.5 Å². The number of aromatic nitrogens is 1. The van der Waals surface area contributed by atoms with Gasteiger partial charge in [-0.2, -0.15) is 13.2 Å². The second kappa shape index (κ2) is 5.31. The van der Waals surface area contributed by atoms with Crippen molar-refractivity contribution in [1.29, 1.82) is 0 Å². The highest BCUT2D eigenvalue weighted by molar-refractivity contribution is 5.93. The second-order valence-corrected chi connectivity index (χ2v) is 5.40. The molecule has 1 aromatic carbocycles. The van der Waals surface area contributed by atoms with Crippen LogP contribution in [0.4, 0.5) is 13.2 Å². The summed E-state index contributed by atoms with van der Waals surface area (Å²) in [5, 5.41) is 18.6. The van der Waals surface area contributed by atoms with E-state index in [1.165, 1.54) is 19.1 Å². The van der Waals surface area contributed by atoms with Gasteiger partial charge in [-0.3, -0.25) is 0 Å². The van der Waals surface area contributed by atoms with Crippen LogP contribution in [0.25, 0.3) is 10.9 Å². The van der Waals surface area contributed by atoms with Gasteiger partial charge in [-0.25, -0.2) is 4.79 Å². The van der Waals surface area contributed by atoms with E-state index >= 15 is 0 Å². The van der Waals surface area contributed by atoms with Crippen LogP contribution in [0.1, 0.15) is 42.8 Å². The van der Waals surface area contributed by atoms with E-state index in [0.717, 1.165) is 6.07 Å². The van der Waals surface area contributed by atoms with Crippen molar-refractivity contribution < 1.29 is 28.2 Å². The SMILES string of the molecule is Cc1c(C(O)C(=O)O)c2c(C(F)(F)F)cccc2n1C(C)C. The van der Waals surface area contributed by atoms with Crippen LogP contribution in [0.3, 0.4) is 0 Å². The molecule has 1 aromatic heterocycles. The van der Waals surface area contributed by atoms with Crippen LogP contribution < -0.4 is 0 Å². The van der Waals surface area contributed by atoms with Crippen LogP contribution in [-0.4, -0.2) is 20.7 Å². The Labute approximate surface area is 124 Å². The molecule has 1 unspecified atom stereocenters. The van der Waals surface area contributed by atoms with E-state index < -0.39 is 23.8 Å². The lowest BCUT2D eigenvalue weighted by molar-refractivity contribution is -0.147. The molecule has 0 spiro atoms. The summed E-state index contributed by atoms with van der Waals surface area (Å²) in [6.45, 7) is 5.08. The van der Waals surface area contributed by atoms with Gasteiger partial charge >= 0.3 is 12.1 Å². The lowest BCUT2D eigenvalue weighted by Crippen LogP contribution is -2.13. The molecule has 0 aliphatic rings. The van der Waals surface area contributed by atoms with E-state index in [1.54, 1.807) is 18.4 Å². The number of hydrogen-bond acceptors (Lipinski definition) is 2. The number of carbonyl (C=O) groups is 1. The third-order valence-corrected chi connectivity index (χ3v) is 3.65. The smallest absolute Gasteiger partial charge is 0.417 e. The highest BCUT2D eigenvalue weighted by Crippen LogP contribution is 2.41. The maximum atomic E-state index is 13.3. The normalized spacial score (nSPS) is 13.8. The van der Waals surface area contributed by atoms with Crippen LogP contribution in [0, 0.1) is 6.92 Å². The molecule has 1 atom stereocenters. The van der Waals surface area contributed by atoms with E-state index in [0.29, 0.717) is 5.69 Å². The third-order valence-electron chi connectivity index (χ3n) is 3.65. The van der Waals surface area contributed by atoms with Gasteiger partial charge in [-0.15, -0.1) is 0 Å². The van der Waals surface area contributed by atoms with Gasteiger partial charge in [0.25, 0.3) is 0 Å². The fraction of sp³-hybridized carbons (Fsp3) is 0.400. The van der Waals surface area contributed by atoms with Gasteiger partial charge in [0.05, 0.1) is 5.56 Å². The molecule has 0 saturated heterocycles. The zero-order chi connectivity index (χ0) is 16.8. The largest absolute Gasteiger partial charge is 0.479 e. The number of benzene rings is 1. The molecule has 7 heteroatoms. The molecule has 0 bridgehead atoms. The number of alkyl halides is 3. The summed E-state index contributed by atoms with van der Waals surface area (Å²) in [5.74, 6) is -1.58. The van der Waals surface area contributed by atoms with E-state index in [-0.39, 0.29) is 22.5 Å². The molecule has 0 radical (unpaired) electrons. The predicted octanol–water partition coefficient (Wildman–Crippen LogP) is 3.67. The van der Waals surface area contributed by atoms with Crippen LogP contribution in [-0.2, 0) is 11.0 Å². The van der Waals surface area contributed by atoms with Crippen molar-refractivity contribution in [3.8, 4) is 0 Å². The summed E-state index contributed by atoms with van der Waals surface area (Å²) in [7, 11) is 0. The molecule has 0 saturated carbocycles. The predicted molar refractivity (Wildman–Crippen MR) is 74.7 cm³/mol. The number of hydrogen-bond donors (Lipinski definition) is 2. The first kappa shape index (κ1) is 16.4. The van der Waals surface area contributed by atoms with Crippen LogP contribution in [0.2, 0.25) is 0 Å². The Balaban J connectivity index is 2.99. The molecule has 0 amide bonds. The monoisotopic (exact) mass is 315 g/mol. The summed E-state index contributed by atoms with van der Waals surface area (Å²) in [6.07, 6.45) is -6.65. The number of rotatable bonds is 3. The lowest BCUT2D eigenvalue weighted by Gasteiger charge is -2.13. The third kappa shape index (κ3) is 2.45. The number of carboxylic acids is 1. The zero-order valence-corrected chi connectivity index (χ0v) is 12.3. The minimum absolute atomic E-state index is 0.180. The number of fused-ring (bicyclic) bond motifs is 1. The average molecular weight is 315 g/mol. The quantitative estimate of drug-likeness (QED) is 0.908. The number of nitrogens with zero attached hydrogens (tertiary/aromatic N) is 1. The van der Waals surface area contributed by atoms with Gasteiger partial charge in [-0.05, 0) is 32.9 Å². The summed E-state index contributed by atoms with van der Waals surface area (Å²) >= 11 is 0. The van der Waals surface area contributed by atoms with E-state index in [9.17, 15) is 23.1 Å². The number of carboxylic acid groups (broad SMARTS) is 1. The Kier molecular flexibility index (Phi) is 3.95. The zero-order valence-electron chi connectivity index (χ0n) is 12.3. The lowest BCUT2D eigenvalue weighted by atomic mass is 10.0. The summed E-state index contributed by atoms with van der Waals surface area (Å²) in [6, 6.07) is 3.49. The summed E-state index contributed by atoms with van der Waals surface area (Å²) < 4.78 is 41.4. The first-order valence-corrected chi connectivity index (χ1v) is 6.68. The van der Waals surface area contributed by atoms with Crippen molar-refractivity contribution in [2.24, 2.45) is 0 Å². The first-order valence-electron chi connectivity index (χ1n) is 6.68. The average Bonchev–Trinajstić information content (AvgIpc) is 2.68. The molecule has 120 valence electrons. The van der Waals surface area contributed by atoms with Crippen LogP contribution in [0.15, 0.2) is 18.2 Å². The Morgan fingerprint density at radius 3 is 2.32 bits per heavy atom. The molecular weight excluding hydrogens is 299 g/mol. The summed E-state index contributed by atoms with van der Waals surface area (Å²) in [4.78, 5) is 11.1. The van der Waals surface area contributed by atoms with Crippen LogP contribution >= 0.6 is 0 Å². The van der Waals surface area contributed by atoms with Crippen molar-refractivity contribution in [3.05, 3.63) is 35.0 Å². The molecule has 4 nitrogen and oxygen atoms in total. The fourth-order valence-corrected chi connectivity index (χ4v) is 2.88. The number of halogens is 3. The highest BCUT2D eigenvalue weighted by Gasteiger charge is 2.37. The van der Waals surface area contributed by atoms with Crippen molar-refractivity contribution in [3.63, 3.8) is 0 Å². The molecule has 1 heterocycles. The molecule has 0 aliphatic heterocycles. The number of aliphatic carboxylic acids is 1. The minimum atomic E-state index is -4.64. The maximum Gasteiger partial charge on any atom is 0.417 e. The molecule has 2 aromatic rings. The minimum Gasteiger partial charge on any atom is -0.479 e. The Morgan fingerprint density at radius 2 is 1.86 bits per heavy atom. The van der Waals surface area contributed by atoms with E-state index in [4.69, 9.17) is 5.11 Å². The molecule has 2 N–H and O–H groups in total. The van der Waals surface area contributed by atoms with E-state index in [1.807, 2.05) is 0 Å². The van der Waals surface area contributed by atoms with Gasteiger partial charge in [0.2, 0.25) is 0 Å². The number of aliphatic hydroxyl groups excluding tert-OH is 1. The maximum absolute atomic E-state index is 13.3. The highest BCUT2D eigenvalue weighted by atomic mass is 19.4. The van der Waals surface area contributed by atoms with Gasteiger partial charge < -0.3 is 14.8 Å². The Morgan fingerprint density at radius 1 is 1.27 bits per heavy atom. The number of aliphatic hydroxyl groups is 1.